The van der Waals surface area contributed by atoms with E-state index in [0.29, 0.717) is 16.6 Å². The van der Waals surface area contributed by atoms with E-state index in [1.807, 2.05) is 20.8 Å². The molecule has 2 heterocycles. The summed E-state index contributed by atoms with van der Waals surface area (Å²) in [6.07, 6.45) is 1.52. The highest BCUT2D eigenvalue weighted by Gasteiger charge is 2.20. The minimum Gasteiger partial charge on any atom is -0.320 e. The molecule has 23 heavy (non-hydrogen) atoms. The largest absolute Gasteiger partial charge is 0.320 e. The van der Waals surface area contributed by atoms with E-state index in [0.717, 1.165) is 5.56 Å². The van der Waals surface area contributed by atoms with Crippen LogP contribution in [0.4, 0.5) is 0 Å². The van der Waals surface area contributed by atoms with Gasteiger partial charge in [0.05, 0.1) is 15.9 Å². The Kier molecular flexibility index (Phi) is 4.75. The first-order valence-corrected chi connectivity index (χ1v) is 8.87. The summed E-state index contributed by atoms with van der Waals surface area (Å²) in [5.74, 6) is 0. The molecule has 0 unspecified atom stereocenters. The maximum Gasteiger partial charge on any atom is 0.268 e. The van der Waals surface area contributed by atoms with Crippen LogP contribution in [0.3, 0.4) is 0 Å². The van der Waals surface area contributed by atoms with Gasteiger partial charge < -0.3 is 4.98 Å². The molecule has 1 N–H and O–H groups in total. The lowest BCUT2D eigenvalue weighted by molar-refractivity contribution is 0.589. The molecule has 0 aliphatic carbocycles. The van der Waals surface area contributed by atoms with Gasteiger partial charge in [0.1, 0.15) is 0 Å². The highest BCUT2D eigenvalue weighted by molar-refractivity contribution is 7.90. The van der Waals surface area contributed by atoms with Gasteiger partial charge in [-0.25, -0.2) is 12.4 Å². The van der Waals surface area contributed by atoms with Gasteiger partial charge in [-0.1, -0.05) is 31.5 Å². The Labute approximate surface area is 137 Å². The fourth-order valence-electron chi connectivity index (χ4n) is 2.28. The molecule has 0 atom stereocenters. The minimum absolute atomic E-state index is 0. The lowest BCUT2D eigenvalue weighted by Gasteiger charge is -2.07. The molecule has 0 radical (unpaired) electrons. The first kappa shape index (κ1) is 17.0. The van der Waals surface area contributed by atoms with Crippen LogP contribution in [0.1, 0.15) is 26.4 Å². The topological polar surface area (TPSA) is 71.9 Å². The third-order valence-corrected chi connectivity index (χ3v) is 5.11. The van der Waals surface area contributed by atoms with Gasteiger partial charge in [-0.05, 0) is 37.6 Å². The van der Waals surface area contributed by atoms with Gasteiger partial charge in [0.15, 0.2) is 0 Å². The zero-order valence-corrected chi connectivity index (χ0v) is 14.4. The van der Waals surface area contributed by atoms with Crippen molar-refractivity contribution in [3.63, 3.8) is 0 Å². The van der Waals surface area contributed by atoms with E-state index in [4.69, 9.17) is 0 Å². The van der Waals surface area contributed by atoms with Gasteiger partial charge in [0.2, 0.25) is 5.56 Å². The number of nitrogens with zero attached hydrogens (tertiary/aromatic N) is 1. The summed E-state index contributed by atoms with van der Waals surface area (Å²) in [5.41, 5.74) is 2.45. The third-order valence-electron chi connectivity index (χ3n) is 3.42. The van der Waals surface area contributed by atoms with E-state index >= 15 is 0 Å². The first-order valence-electron chi connectivity index (χ1n) is 7.43. The number of H-pyrrole nitrogens is 1. The molecule has 3 aromatic rings. The van der Waals surface area contributed by atoms with Crippen molar-refractivity contribution in [2.24, 2.45) is 0 Å². The van der Waals surface area contributed by atoms with Gasteiger partial charge in [0, 0.05) is 13.7 Å². The number of hydrogen-bond acceptors (Lipinski definition) is 3. The monoisotopic (exact) mass is 334 g/mol. The van der Waals surface area contributed by atoms with E-state index < -0.39 is 10.0 Å². The summed E-state index contributed by atoms with van der Waals surface area (Å²) < 4.78 is 26.7. The quantitative estimate of drug-likeness (QED) is 0.780. The molecule has 0 aliphatic rings. The molecule has 0 amide bonds. The average Bonchev–Trinajstić information content (AvgIpc) is 2.87. The number of nitrogens with one attached hydrogen (secondary N) is 1. The number of aromatic nitrogens is 2. The van der Waals surface area contributed by atoms with Crippen molar-refractivity contribution in [2.75, 3.05) is 0 Å². The van der Waals surface area contributed by atoms with Crippen LogP contribution in [-0.4, -0.2) is 17.4 Å². The number of aromatic amines is 1. The van der Waals surface area contributed by atoms with Crippen LogP contribution in [0.2, 0.25) is 0 Å². The number of aryl methyl sites for hydroxylation is 2. The fourth-order valence-corrected chi connectivity index (χ4v) is 3.70. The molecule has 5 nitrogen and oxygen atoms in total. The van der Waals surface area contributed by atoms with Crippen molar-refractivity contribution in [3.8, 4) is 0 Å². The van der Waals surface area contributed by atoms with Crippen LogP contribution in [-0.2, 0) is 10.0 Å². The second-order valence-corrected chi connectivity index (χ2v) is 6.82. The molecule has 124 valence electrons. The van der Waals surface area contributed by atoms with Crippen LogP contribution in [0.5, 0.6) is 0 Å². The Hall–Kier alpha value is -2.34. The number of pyridine rings is 1. The molecule has 0 fully saturated rings. The number of benzene rings is 1. The summed E-state index contributed by atoms with van der Waals surface area (Å²) in [4.78, 5) is 14.3. The average molecular weight is 334 g/mol. The molecule has 3 rings (SSSR count). The molecule has 0 bridgehead atoms. The van der Waals surface area contributed by atoms with Crippen molar-refractivity contribution in [3.05, 3.63) is 64.1 Å². The molecular weight excluding hydrogens is 312 g/mol. The van der Waals surface area contributed by atoms with Crippen LogP contribution >= 0.6 is 0 Å². The smallest absolute Gasteiger partial charge is 0.268 e. The first-order chi connectivity index (χ1) is 10.9. The van der Waals surface area contributed by atoms with Gasteiger partial charge in [-0.2, -0.15) is 0 Å². The number of fused-ring (bicyclic) bond motifs is 1. The molecule has 0 spiro atoms. The standard InChI is InChI=1S/C15H14N2O3S.C2H6.H2/c1-10-3-5-12(6-4-10)21(19,20)17-9-11(2)15-13(17)7-8-14(18)16-15;1-2;/h3-9H,1-2H3,(H,16,18);1-2H3;1H. The van der Waals surface area contributed by atoms with Crippen molar-refractivity contribution >= 4 is 21.1 Å². The lowest BCUT2D eigenvalue weighted by atomic mass is 10.2. The minimum atomic E-state index is -3.68. The van der Waals surface area contributed by atoms with Gasteiger partial charge in [0.25, 0.3) is 10.0 Å². The van der Waals surface area contributed by atoms with E-state index in [2.05, 4.69) is 4.98 Å². The van der Waals surface area contributed by atoms with E-state index in [1.54, 1.807) is 31.2 Å². The van der Waals surface area contributed by atoms with Gasteiger partial charge in [-0.3, -0.25) is 4.79 Å². The normalized spacial score (nSPS) is 11.1. The predicted molar refractivity (Wildman–Crippen MR) is 94.5 cm³/mol. The summed E-state index contributed by atoms with van der Waals surface area (Å²) >= 11 is 0. The molecular formula is C17H22N2O3S. The third kappa shape index (κ3) is 3.07. The van der Waals surface area contributed by atoms with Gasteiger partial charge >= 0.3 is 0 Å². The Morgan fingerprint density at radius 3 is 2.22 bits per heavy atom. The Bertz CT molecular complexity index is 987. The second-order valence-electron chi connectivity index (χ2n) is 5.01. The zero-order valence-electron chi connectivity index (χ0n) is 13.6. The maximum absolute atomic E-state index is 12.7. The fraction of sp³-hybridized carbons (Fsp3) is 0.235. The molecule has 0 saturated heterocycles. The van der Waals surface area contributed by atoms with Crippen LogP contribution in [0.25, 0.3) is 11.0 Å². The van der Waals surface area contributed by atoms with Crippen LogP contribution in [0.15, 0.2) is 52.3 Å². The summed E-state index contributed by atoms with van der Waals surface area (Å²) in [5, 5.41) is 0. The highest BCUT2D eigenvalue weighted by atomic mass is 32.2. The molecule has 0 saturated carbocycles. The zero-order chi connectivity index (χ0) is 17.2. The van der Waals surface area contributed by atoms with E-state index in [1.165, 1.54) is 22.3 Å². The number of hydrogen-bond donors (Lipinski definition) is 1. The van der Waals surface area contributed by atoms with Crippen molar-refractivity contribution in [2.45, 2.75) is 32.6 Å². The summed E-state index contributed by atoms with van der Waals surface area (Å²) in [7, 11) is -3.68. The SMILES string of the molecule is CC.Cc1ccc(S(=O)(=O)n2cc(C)c3[nH]c(=O)ccc32)cc1.[HH]. The van der Waals surface area contributed by atoms with Crippen molar-refractivity contribution in [1.29, 1.82) is 0 Å². The summed E-state index contributed by atoms with van der Waals surface area (Å²) in [6.45, 7) is 7.66. The Morgan fingerprint density at radius 2 is 1.61 bits per heavy atom. The predicted octanol–water partition coefficient (Wildman–Crippen LogP) is 3.46. The summed E-state index contributed by atoms with van der Waals surface area (Å²) in [6, 6.07) is 9.52. The Balaban J connectivity index is 0.000000925. The second kappa shape index (κ2) is 6.42. The highest BCUT2D eigenvalue weighted by Crippen LogP contribution is 2.23. The molecule has 0 aliphatic heterocycles. The van der Waals surface area contributed by atoms with Crippen LogP contribution < -0.4 is 5.56 Å². The van der Waals surface area contributed by atoms with Crippen LogP contribution in [0, 0.1) is 13.8 Å². The van der Waals surface area contributed by atoms with Gasteiger partial charge in [-0.15, -0.1) is 0 Å². The molecule has 1 aromatic carbocycles. The molecule has 6 heteroatoms. The van der Waals surface area contributed by atoms with Crippen molar-refractivity contribution in [1.82, 2.24) is 8.96 Å². The lowest BCUT2D eigenvalue weighted by Crippen LogP contribution is -2.12. The van der Waals surface area contributed by atoms with Crippen molar-refractivity contribution < 1.29 is 9.84 Å². The molecule has 2 aromatic heterocycles. The van der Waals surface area contributed by atoms with E-state index in [9.17, 15) is 13.2 Å². The number of rotatable bonds is 2. The Morgan fingerprint density at radius 1 is 1.00 bits per heavy atom. The maximum atomic E-state index is 12.7. The van der Waals surface area contributed by atoms with E-state index in [-0.39, 0.29) is 11.9 Å².